The molecular weight excluding hydrogens is 413 g/mol. The molecule has 2 aliphatic heterocycles. The van der Waals surface area contributed by atoms with Crippen molar-refractivity contribution in [2.45, 2.75) is 64.8 Å². The standard InChI is InChI=1S/C20H25ClFN5O3/c1-6-11-15-10(2)29-18-12-14(13(22)16(21)25-18)23-9-24-17(12)27(15)8-7-26(11)19(28)30-20(3,4)5/h9-11,15H,6-8H2,1-5H3/t10-,11-,15+/m0/s1. The summed E-state index contributed by atoms with van der Waals surface area (Å²) in [5, 5.41) is 0.103. The van der Waals surface area contributed by atoms with Crippen LogP contribution < -0.4 is 9.64 Å². The van der Waals surface area contributed by atoms with Crippen molar-refractivity contribution in [2.75, 3.05) is 18.0 Å². The van der Waals surface area contributed by atoms with E-state index in [4.69, 9.17) is 21.1 Å². The van der Waals surface area contributed by atoms with E-state index in [1.807, 2.05) is 34.6 Å². The molecule has 1 saturated heterocycles. The minimum atomic E-state index is -0.701. The summed E-state index contributed by atoms with van der Waals surface area (Å²) in [5.74, 6) is 0.0375. The van der Waals surface area contributed by atoms with Crippen LogP contribution in [-0.2, 0) is 4.74 Å². The topological polar surface area (TPSA) is 80.7 Å². The van der Waals surface area contributed by atoms with Crippen molar-refractivity contribution < 1.29 is 18.7 Å². The number of carbonyl (C=O) groups is 1. The molecule has 0 aromatic carbocycles. The van der Waals surface area contributed by atoms with E-state index in [-0.39, 0.29) is 40.8 Å². The molecule has 0 bridgehead atoms. The van der Waals surface area contributed by atoms with Gasteiger partial charge in [0.05, 0.1) is 12.1 Å². The van der Waals surface area contributed by atoms with E-state index in [1.54, 1.807) is 4.90 Å². The van der Waals surface area contributed by atoms with Crippen LogP contribution in [0.1, 0.15) is 41.0 Å². The van der Waals surface area contributed by atoms with Crippen molar-refractivity contribution >= 4 is 34.4 Å². The Hall–Kier alpha value is -2.42. The molecule has 4 heterocycles. The summed E-state index contributed by atoms with van der Waals surface area (Å²) in [6.45, 7) is 10.4. The predicted molar refractivity (Wildman–Crippen MR) is 111 cm³/mol. The van der Waals surface area contributed by atoms with Crippen LogP contribution in [0, 0.1) is 5.82 Å². The van der Waals surface area contributed by atoms with Gasteiger partial charge in [0.1, 0.15) is 34.8 Å². The molecule has 162 valence electrons. The first-order chi connectivity index (χ1) is 14.1. The Labute approximate surface area is 179 Å². The number of hydrogen-bond acceptors (Lipinski definition) is 7. The molecule has 0 radical (unpaired) electrons. The van der Waals surface area contributed by atoms with Crippen molar-refractivity contribution in [2.24, 2.45) is 0 Å². The van der Waals surface area contributed by atoms with Crippen molar-refractivity contribution in [3.8, 4) is 5.88 Å². The third kappa shape index (κ3) is 3.38. The Kier molecular flexibility index (Phi) is 5.12. The van der Waals surface area contributed by atoms with E-state index in [0.717, 1.165) is 0 Å². The normalized spacial score (nSPS) is 23.6. The van der Waals surface area contributed by atoms with Gasteiger partial charge in [-0.3, -0.25) is 0 Å². The number of carbonyl (C=O) groups excluding carboxylic acids is 1. The van der Waals surface area contributed by atoms with E-state index in [9.17, 15) is 9.18 Å². The number of nitrogens with zero attached hydrogens (tertiary/aromatic N) is 5. The Bertz CT molecular complexity index is 999. The van der Waals surface area contributed by atoms with Crippen LogP contribution in [0.2, 0.25) is 5.15 Å². The molecule has 1 amide bonds. The maximum absolute atomic E-state index is 14.6. The smallest absolute Gasteiger partial charge is 0.410 e. The van der Waals surface area contributed by atoms with Gasteiger partial charge < -0.3 is 19.3 Å². The number of hydrogen-bond donors (Lipinski definition) is 0. The lowest BCUT2D eigenvalue weighted by Crippen LogP contribution is -2.65. The highest BCUT2D eigenvalue weighted by Gasteiger charge is 2.46. The molecular formula is C20H25ClFN5O3. The fourth-order valence-corrected chi connectivity index (χ4v) is 4.49. The summed E-state index contributed by atoms with van der Waals surface area (Å²) in [5.41, 5.74) is -0.517. The summed E-state index contributed by atoms with van der Waals surface area (Å²) >= 11 is 5.97. The predicted octanol–water partition coefficient (Wildman–Crippen LogP) is 3.80. The van der Waals surface area contributed by atoms with Gasteiger partial charge in [-0.05, 0) is 34.1 Å². The van der Waals surface area contributed by atoms with E-state index >= 15 is 0 Å². The van der Waals surface area contributed by atoms with Gasteiger partial charge in [0.15, 0.2) is 11.0 Å². The molecule has 0 aliphatic carbocycles. The van der Waals surface area contributed by atoms with Crippen LogP contribution in [0.15, 0.2) is 6.33 Å². The number of rotatable bonds is 1. The summed E-state index contributed by atoms with van der Waals surface area (Å²) in [6, 6.07) is -0.423. The zero-order valence-electron chi connectivity index (χ0n) is 17.6. The zero-order chi connectivity index (χ0) is 21.8. The van der Waals surface area contributed by atoms with Crippen molar-refractivity contribution in [1.29, 1.82) is 0 Å². The molecule has 2 aromatic heterocycles. The Morgan fingerprint density at radius 1 is 1.37 bits per heavy atom. The Morgan fingerprint density at radius 3 is 2.77 bits per heavy atom. The Balaban J connectivity index is 1.79. The molecule has 2 aromatic rings. The monoisotopic (exact) mass is 437 g/mol. The fraction of sp³-hybridized carbons (Fsp3) is 0.600. The minimum Gasteiger partial charge on any atom is -0.472 e. The van der Waals surface area contributed by atoms with Crippen LogP contribution >= 0.6 is 11.6 Å². The van der Waals surface area contributed by atoms with E-state index in [1.165, 1.54) is 6.33 Å². The fourth-order valence-electron chi connectivity index (χ4n) is 4.33. The second-order valence-corrected chi connectivity index (χ2v) is 8.96. The summed E-state index contributed by atoms with van der Waals surface area (Å²) < 4.78 is 26.4. The van der Waals surface area contributed by atoms with E-state index < -0.39 is 11.4 Å². The van der Waals surface area contributed by atoms with Gasteiger partial charge in [0, 0.05) is 13.1 Å². The summed E-state index contributed by atoms with van der Waals surface area (Å²) in [4.78, 5) is 29.3. The summed E-state index contributed by atoms with van der Waals surface area (Å²) in [6.07, 6.45) is 1.27. The molecule has 0 saturated carbocycles. The molecule has 10 heteroatoms. The largest absolute Gasteiger partial charge is 0.472 e. The molecule has 4 rings (SSSR count). The van der Waals surface area contributed by atoms with Gasteiger partial charge in [0.2, 0.25) is 5.88 Å². The lowest BCUT2D eigenvalue weighted by Gasteiger charge is -2.48. The van der Waals surface area contributed by atoms with Crippen molar-refractivity contribution in [3.63, 3.8) is 0 Å². The first kappa shape index (κ1) is 20.8. The molecule has 30 heavy (non-hydrogen) atoms. The molecule has 0 spiro atoms. The summed E-state index contributed by atoms with van der Waals surface area (Å²) in [7, 11) is 0. The van der Waals surface area contributed by atoms with Gasteiger partial charge in [-0.25, -0.2) is 19.2 Å². The molecule has 0 unspecified atom stereocenters. The quantitative estimate of drug-likeness (QED) is 0.627. The first-order valence-electron chi connectivity index (χ1n) is 10.0. The Morgan fingerprint density at radius 2 is 2.10 bits per heavy atom. The minimum absolute atomic E-state index is 0.0745. The van der Waals surface area contributed by atoms with E-state index in [0.29, 0.717) is 30.7 Å². The number of amides is 1. The number of fused-ring (bicyclic) bond motifs is 2. The molecule has 1 fully saturated rings. The average molecular weight is 438 g/mol. The highest BCUT2D eigenvalue weighted by atomic mass is 35.5. The number of piperazine rings is 1. The maximum atomic E-state index is 14.6. The third-order valence-corrected chi connectivity index (χ3v) is 5.71. The molecule has 0 N–H and O–H groups in total. The number of anilines is 1. The van der Waals surface area contributed by atoms with Gasteiger partial charge >= 0.3 is 6.09 Å². The number of ether oxygens (including phenoxy) is 2. The van der Waals surface area contributed by atoms with E-state index in [2.05, 4.69) is 19.9 Å². The highest BCUT2D eigenvalue weighted by Crippen LogP contribution is 2.41. The number of halogens is 2. The molecule has 8 nitrogen and oxygen atoms in total. The SMILES string of the molecule is CC[C@H]1[C@H]2[C@H](C)Oc3nc(Cl)c(F)c4ncnc(c34)N2CCN1C(=O)OC(C)(C)C. The lowest BCUT2D eigenvalue weighted by molar-refractivity contribution is 0.000936. The van der Waals surface area contributed by atoms with Gasteiger partial charge in [-0.15, -0.1) is 0 Å². The van der Waals surface area contributed by atoms with Crippen molar-refractivity contribution in [3.05, 3.63) is 17.3 Å². The first-order valence-corrected chi connectivity index (χ1v) is 10.4. The van der Waals surface area contributed by atoms with Crippen LogP contribution in [0.25, 0.3) is 10.9 Å². The highest BCUT2D eigenvalue weighted by molar-refractivity contribution is 6.30. The molecule has 2 aliphatic rings. The van der Waals surface area contributed by atoms with Gasteiger partial charge in [-0.2, -0.15) is 4.98 Å². The molecule has 3 atom stereocenters. The van der Waals surface area contributed by atoms with Crippen molar-refractivity contribution in [1.82, 2.24) is 19.9 Å². The number of pyridine rings is 1. The second-order valence-electron chi connectivity index (χ2n) is 8.60. The van der Waals surface area contributed by atoms with Crippen LogP contribution in [0.3, 0.4) is 0 Å². The zero-order valence-corrected chi connectivity index (χ0v) is 18.4. The maximum Gasteiger partial charge on any atom is 0.410 e. The number of aromatic nitrogens is 3. The van der Waals surface area contributed by atoms with Crippen LogP contribution in [0.5, 0.6) is 5.88 Å². The van der Waals surface area contributed by atoms with Gasteiger partial charge in [-0.1, -0.05) is 18.5 Å². The average Bonchev–Trinajstić information content (AvgIpc) is 2.79. The van der Waals surface area contributed by atoms with Gasteiger partial charge in [0.25, 0.3) is 0 Å². The van der Waals surface area contributed by atoms with Crippen LogP contribution in [0.4, 0.5) is 15.0 Å². The lowest BCUT2D eigenvalue weighted by atomic mass is 9.94. The second kappa shape index (κ2) is 7.37. The third-order valence-electron chi connectivity index (χ3n) is 5.46. The van der Waals surface area contributed by atoms with Crippen LogP contribution in [-0.4, -0.2) is 62.8 Å².